The minimum Gasteiger partial charge on any atom is -0.491 e. The Kier molecular flexibility index (Phi) is 5.90. The molecule has 5 heteroatoms. The van der Waals surface area contributed by atoms with Gasteiger partial charge in [0, 0.05) is 6.07 Å². The molecule has 0 amide bonds. The standard InChI is InChI=1S/C17H16FNO3/c18-17-8-16(7-6-14(17)9-19)22-12-15(20)11-21-10-13-4-2-1-3-5-13/h1-8,15,20H,10-12H2. The molecule has 0 aliphatic rings. The summed E-state index contributed by atoms with van der Waals surface area (Å²) in [4.78, 5) is 0. The molecule has 0 aliphatic carbocycles. The van der Waals surface area contributed by atoms with E-state index >= 15 is 0 Å². The van der Waals surface area contributed by atoms with Gasteiger partial charge in [-0.15, -0.1) is 0 Å². The molecule has 1 N–H and O–H groups in total. The molecule has 4 nitrogen and oxygen atoms in total. The summed E-state index contributed by atoms with van der Waals surface area (Å²) in [5.41, 5.74) is 0.976. The number of halogens is 1. The summed E-state index contributed by atoms with van der Waals surface area (Å²) in [6, 6.07) is 15.3. The number of hydrogen-bond donors (Lipinski definition) is 1. The molecule has 0 saturated heterocycles. The van der Waals surface area contributed by atoms with Crippen LogP contribution >= 0.6 is 0 Å². The van der Waals surface area contributed by atoms with Crippen molar-refractivity contribution in [1.82, 2.24) is 0 Å². The lowest BCUT2D eigenvalue weighted by Crippen LogP contribution is -2.23. The normalized spacial score (nSPS) is 11.7. The van der Waals surface area contributed by atoms with Gasteiger partial charge in [0.1, 0.15) is 30.3 Å². The zero-order chi connectivity index (χ0) is 15.8. The van der Waals surface area contributed by atoms with Gasteiger partial charge < -0.3 is 14.6 Å². The summed E-state index contributed by atoms with van der Waals surface area (Å²) < 4.78 is 24.0. The second-order valence-electron chi connectivity index (χ2n) is 4.72. The second kappa shape index (κ2) is 8.13. The molecule has 1 unspecified atom stereocenters. The zero-order valence-electron chi connectivity index (χ0n) is 11.9. The predicted octanol–water partition coefficient (Wildman–Crippen LogP) is 2.65. The van der Waals surface area contributed by atoms with Crippen molar-refractivity contribution in [3.8, 4) is 11.8 Å². The van der Waals surface area contributed by atoms with Crippen LogP contribution in [0, 0.1) is 17.1 Å². The second-order valence-corrected chi connectivity index (χ2v) is 4.72. The van der Waals surface area contributed by atoms with Gasteiger partial charge in [-0.3, -0.25) is 0 Å². The van der Waals surface area contributed by atoms with Crippen molar-refractivity contribution in [3.05, 3.63) is 65.5 Å². The topological polar surface area (TPSA) is 62.5 Å². The van der Waals surface area contributed by atoms with Gasteiger partial charge in [-0.2, -0.15) is 5.26 Å². The first-order chi connectivity index (χ1) is 10.7. The van der Waals surface area contributed by atoms with Crippen LogP contribution in [0.1, 0.15) is 11.1 Å². The van der Waals surface area contributed by atoms with Crippen molar-refractivity contribution in [3.63, 3.8) is 0 Å². The van der Waals surface area contributed by atoms with Gasteiger partial charge in [-0.1, -0.05) is 30.3 Å². The highest BCUT2D eigenvalue weighted by atomic mass is 19.1. The van der Waals surface area contributed by atoms with Crippen LogP contribution < -0.4 is 4.74 Å². The predicted molar refractivity (Wildman–Crippen MR) is 78.7 cm³/mol. The van der Waals surface area contributed by atoms with Crippen molar-refractivity contribution in [2.45, 2.75) is 12.7 Å². The number of ether oxygens (including phenoxy) is 2. The van der Waals surface area contributed by atoms with Crippen LogP contribution in [-0.2, 0) is 11.3 Å². The van der Waals surface area contributed by atoms with E-state index in [9.17, 15) is 9.50 Å². The van der Waals surface area contributed by atoms with Crippen LogP contribution in [0.25, 0.3) is 0 Å². The number of nitriles is 1. The van der Waals surface area contributed by atoms with E-state index in [4.69, 9.17) is 14.7 Å². The van der Waals surface area contributed by atoms with Gasteiger partial charge >= 0.3 is 0 Å². The fraction of sp³-hybridized carbons (Fsp3) is 0.235. The molecule has 0 aromatic heterocycles. The molecule has 2 aromatic rings. The Morgan fingerprint density at radius 3 is 2.59 bits per heavy atom. The van der Waals surface area contributed by atoms with Gasteiger partial charge in [0.25, 0.3) is 0 Å². The molecule has 0 heterocycles. The summed E-state index contributed by atoms with van der Waals surface area (Å²) in [5, 5.41) is 18.4. The maximum Gasteiger partial charge on any atom is 0.144 e. The van der Waals surface area contributed by atoms with E-state index in [2.05, 4.69) is 0 Å². The van der Waals surface area contributed by atoms with E-state index < -0.39 is 11.9 Å². The molecule has 0 aliphatic heterocycles. The number of nitrogens with zero attached hydrogens (tertiary/aromatic N) is 1. The van der Waals surface area contributed by atoms with Crippen molar-refractivity contribution in [2.75, 3.05) is 13.2 Å². The summed E-state index contributed by atoms with van der Waals surface area (Å²) >= 11 is 0. The molecule has 0 saturated carbocycles. The maximum atomic E-state index is 13.4. The summed E-state index contributed by atoms with van der Waals surface area (Å²) in [7, 11) is 0. The minimum atomic E-state index is -0.817. The third-order valence-electron chi connectivity index (χ3n) is 2.93. The Labute approximate surface area is 128 Å². The Bertz CT molecular complexity index is 640. The van der Waals surface area contributed by atoms with Gasteiger partial charge in [-0.25, -0.2) is 4.39 Å². The van der Waals surface area contributed by atoms with E-state index in [-0.39, 0.29) is 24.5 Å². The average Bonchev–Trinajstić information content (AvgIpc) is 2.54. The van der Waals surface area contributed by atoms with Crippen molar-refractivity contribution >= 4 is 0 Å². The first-order valence-electron chi connectivity index (χ1n) is 6.81. The molecule has 22 heavy (non-hydrogen) atoms. The molecule has 2 aromatic carbocycles. The summed E-state index contributed by atoms with van der Waals surface area (Å²) in [6.45, 7) is 0.511. The number of aliphatic hydroxyl groups is 1. The third-order valence-corrected chi connectivity index (χ3v) is 2.93. The van der Waals surface area contributed by atoms with Crippen LogP contribution in [0.15, 0.2) is 48.5 Å². The van der Waals surface area contributed by atoms with E-state index in [1.54, 1.807) is 6.07 Å². The van der Waals surface area contributed by atoms with Crippen molar-refractivity contribution < 1.29 is 19.0 Å². The lowest BCUT2D eigenvalue weighted by molar-refractivity contribution is 0.00544. The highest BCUT2D eigenvalue weighted by Crippen LogP contribution is 2.16. The molecule has 1 atom stereocenters. The first kappa shape index (κ1) is 16.0. The number of benzene rings is 2. The zero-order valence-corrected chi connectivity index (χ0v) is 11.9. The highest BCUT2D eigenvalue weighted by molar-refractivity contribution is 5.36. The fourth-order valence-electron chi connectivity index (χ4n) is 1.80. The molecule has 0 bridgehead atoms. The Hall–Kier alpha value is -2.42. The van der Waals surface area contributed by atoms with Crippen LogP contribution in [0.5, 0.6) is 5.75 Å². The molecular weight excluding hydrogens is 285 g/mol. The molecule has 2 rings (SSSR count). The molecule has 0 spiro atoms. The molecule has 114 valence electrons. The lowest BCUT2D eigenvalue weighted by atomic mass is 10.2. The van der Waals surface area contributed by atoms with E-state index in [0.717, 1.165) is 11.6 Å². The number of rotatable bonds is 7. The Balaban J connectivity index is 1.72. The minimum absolute atomic E-state index is 0.0138. The van der Waals surface area contributed by atoms with E-state index in [1.165, 1.54) is 12.1 Å². The van der Waals surface area contributed by atoms with Crippen molar-refractivity contribution in [2.24, 2.45) is 0 Å². The van der Waals surface area contributed by atoms with E-state index in [1.807, 2.05) is 30.3 Å². The molecular formula is C17H16FNO3. The van der Waals surface area contributed by atoms with Crippen LogP contribution in [-0.4, -0.2) is 24.4 Å². The van der Waals surface area contributed by atoms with Gasteiger partial charge in [-0.05, 0) is 17.7 Å². The quantitative estimate of drug-likeness (QED) is 0.854. The molecule has 0 fully saturated rings. The third kappa shape index (κ3) is 4.85. The number of hydrogen-bond acceptors (Lipinski definition) is 4. The summed E-state index contributed by atoms with van der Waals surface area (Å²) in [6.07, 6.45) is -0.817. The van der Waals surface area contributed by atoms with E-state index in [0.29, 0.717) is 6.61 Å². The van der Waals surface area contributed by atoms with Crippen LogP contribution in [0.3, 0.4) is 0 Å². The monoisotopic (exact) mass is 301 g/mol. The Morgan fingerprint density at radius 2 is 1.91 bits per heavy atom. The summed E-state index contributed by atoms with van der Waals surface area (Å²) in [5.74, 6) is -0.381. The van der Waals surface area contributed by atoms with Gasteiger partial charge in [0.15, 0.2) is 0 Å². The largest absolute Gasteiger partial charge is 0.491 e. The van der Waals surface area contributed by atoms with Crippen LogP contribution in [0.4, 0.5) is 4.39 Å². The number of aliphatic hydroxyl groups excluding tert-OH is 1. The fourth-order valence-corrected chi connectivity index (χ4v) is 1.80. The highest BCUT2D eigenvalue weighted by Gasteiger charge is 2.08. The van der Waals surface area contributed by atoms with Gasteiger partial charge in [0.2, 0.25) is 0 Å². The van der Waals surface area contributed by atoms with Crippen LogP contribution in [0.2, 0.25) is 0 Å². The first-order valence-corrected chi connectivity index (χ1v) is 6.81. The average molecular weight is 301 g/mol. The Morgan fingerprint density at radius 1 is 1.14 bits per heavy atom. The van der Waals surface area contributed by atoms with Crippen molar-refractivity contribution in [1.29, 1.82) is 5.26 Å². The molecule has 0 radical (unpaired) electrons. The maximum absolute atomic E-state index is 13.4. The van der Waals surface area contributed by atoms with Gasteiger partial charge in [0.05, 0.1) is 18.8 Å². The smallest absolute Gasteiger partial charge is 0.144 e. The SMILES string of the molecule is N#Cc1ccc(OCC(O)COCc2ccccc2)cc1F. The lowest BCUT2D eigenvalue weighted by Gasteiger charge is -2.13.